The van der Waals surface area contributed by atoms with Crippen LogP contribution in [0.25, 0.3) is 0 Å². The molecule has 0 bridgehead atoms. The van der Waals surface area contributed by atoms with Gasteiger partial charge in [-0.05, 0) is 44.2 Å². The standard InChI is InChI=1S/C17H20FN.2H2S/c1-13(15-7-5-4-6-8-15)19(3)14(2)16-9-11-17(18)12-10-16;;/h4-14H,1-3H3;2*1H2/t13?,14-;;/m0../s1. The van der Waals surface area contributed by atoms with Gasteiger partial charge < -0.3 is 0 Å². The summed E-state index contributed by atoms with van der Waals surface area (Å²) in [6.07, 6.45) is 0. The third-order valence-electron chi connectivity index (χ3n) is 3.86. The van der Waals surface area contributed by atoms with Crippen molar-refractivity contribution in [2.24, 2.45) is 0 Å². The fourth-order valence-corrected chi connectivity index (χ4v) is 2.28. The molecule has 4 heteroatoms. The SMILES string of the molecule is CC(c1ccccc1)N(C)[C@@H](C)c1ccc(F)cc1.S.S. The van der Waals surface area contributed by atoms with Crippen LogP contribution in [0, 0.1) is 5.82 Å². The highest BCUT2D eigenvalue weighted by Gasteiger charge is 2.18. The fourth-order valence-electron chi connectivity index (χ4n) is 2.28. The largest absolute Gasteiger partial charge is 0.293 e. The zero-order valence-electron chi connectivity index (χ0n) is 12.7. The van der Waals surface area contributed by atoms with Crippen molar-refractivity contribution in [3.8, 4) is 0 Å². The minimum atomic E-state index is -0.185. The Balaban J connectivity index is 0.00000200. The van der Waals surface area contributed by atoms with E-state index in [1.807, 2.05) is 18.2 Å². The van der Waals surface area contributed by atoms with E-state index in [1.54, 1.807) is 0 Å². The Kier molecular flexibility index (Phi) is 8.71. The lowest BCUT2D eigenvalue weighted by Crippen LogP contribution is -2.25. The van der Waals surface area contributed by atoms with Gasteiger partial charge in [0.2, 0.25) is 0 Å². The van der Waals surface area contributed by atoms with Gasteiger partial charge in [0.15, 0.2) is 0 Å². The summed E-state index contributed by atoms with van der Waals surface area (Å²) in [7, 11) is 2.10. The molecule has 2 aromatic carbocycles. The van der Waals surface area contributed by atoms with E-state index in [2.05, 4.69) is 50.1 Å². The van der Waals surface area contributed by atoms with E-state index in [-0.39, 0.29) is 38.9 Å². The van der Waals surface area contributed by atoms with E-state index < -0.39 is 0 Å². The van der Waals surface area contributed by atoms with Crippen LogP contribution in [-0.2, 0) is 0 Å². The number of hydrogen-bond donors (Lipinski definition) is 0. The van der Waals surface area contributed by atoms with E-state index in [0.717, 1.165) is 5.56 Å². The predicted molar refractivity (Wildman–Crippen MR) is 98.2 cm³/mol. The summed E-state index contributed by atoms with van der Waals surface area (Å²) in [6, 6.07) is 17.7. The number of rotatable bonds is 4. The number of halogens is 1. The summed E-state index contributed by atoms with van der Waals surface area (Å²) >= 11 is 0. The molecule has 0 amide bonds. The van der Waals surface area contributed by atoms with Gasteiger partial charge in [-0.15, -0.1) is 0 Å². The first kappa shape index (κ1) is 20.0. The second-order valence-corrected chi connectivity index (χ2v) is 4.98. The fraction of sp³-hybridized carbons (Fsp3) is 0.294. The van der Waals surface area contributed by atoms with E-state index in [1.165, 1.54) is 17.7 Å². The zero-order valence-corrected chi connectivity index (χ0v) is 14.7. The normalized spacial score (nSPS) is 13.0. The van der Waals surface area contributed by atoms with Crippen molar-refractivity contribution in [1.29, 1.82) is 0 Å². The molecule has 0 aromatic heterocycles. The maximum atomic E-state index is 13.0. The second-order valence-electron chi connectivity index (χ2n) is 4.98. The van der Waals surface area contributed by atoms with E-state index in [4.69, 9.17) is 0 Å². The van der Waals surface area contributed by atoms with Gasteiger partial charge >= 0.3 is 0 Å². The maximum absolute atomic E-state index is 13.0. The van der Waals surface area contributed by atoms with Crippen LogP contribution in [0.15, 0.2) is 54.6 Å². The predicted octanol–water partition coefficient (Wildman–Crippen LogP) is 4.81. The molecule has 0 N–H and O–H groups in total. The van der Waals surface area contributed by atoms with Gasteiger partial charge in [-0.2, -0.15) is 27.0 Å². The lowest BCUT2D eigenvalue weighted by Gasteiger charge is -2.31. The van der Waals surface area contributed by atoms with Crippen molar-refractivity contribution in [2.45, 2.75) is 25.9 Å². The van der Waals surface area contributed by atoms with Crippen molar-refractivity contribution in [1.82, 2.24) is 4.90 Å². The third kappa shape index (κ3) is 5.06. The topological polar surface area (TPSA) is 3.24 Å². The lowest BCUT2D eigenvalue weighted by atomic mass is 10.0. The zero-order chi connectivity index (χ0) is 13.8. The molecule has 0 aliphatic rings. The third-order valence-corrected chi connectivity index (χ3v) is 3.86. The molecule has 0 spiro atoms. The summed E-state index contributed by atoms with van der Waals surface area (Å²) in [5, 5.41) is 0. The first-order valence-electron chi connectivity index (χ1n) is 6.62. The Morgan fingerprint density at radius 2 is 1.19 bits per heavy atom. The molecule has 0 saturated heterocycles. The Morgan fingerprint density at radius 3 is 1.67 bits per heavy atom. The summed E-state index contributed by atoms with van der Waals surface area (Å²) in [4.78, 5) is 2.29. The van der Waals surface area contributed by atoms with E-state index in [9.17, 15) is 4.39 Å². The number of hydrogen-bond acceptors (Lipinski definition) is 1. The van der Waals surface area contributed by atoms with Crippen molar-refractivity contribution < 1.29 is 4.39 Å². The molecule has 0 aliphatic heterocycles. The molecular formula is C17H24FNS2. The molecule has 0 saturated carbocycles. The van der Waals surface area contributed by atoms with Crippen LogP contribution >= 0.6 is 27.0 Å². The Labute approximate surface area is 141 Å². The quantitative estimate of drug-likeness (QED) is 0.780. The van der Waals surface area contributed by atoms with Gasteiger partial charge in [0.1, 0.15) is 5.82 Å². The van der Waals surface area contributed by atoms with Crippen LogP contribution in [-0.4, -0.2) is 11.9 Å². The highest BCUT2D eigenvalue weighted by molar-refractivity contribution is 7.59. The number of benzene rings is 2. The highest BCUT2D eigenvalue weighted by Crippen LogP contribution is 2.28. The van der Waals surface area contributed by atoms with Gasteiger partial charge in [0, 0.05) is 12.1 Å². The van der Waals surface area contributed by atoms with Crippen LogP contribution in [0.1, 0.15) is 37.1 Å². The monoisotopic (exact) mass is 325 g/mol. The second kappa shape index (κ2) is 9.13. The Morgan fingerprint density at radius 1 is 0.762 bits per heavy atom. The van der Waals surface area contributed by atoms with Crippen LogP contribution < -0.4 is 0 Å². The molecule has 116 valence electrons. The van der Waals surface area contributed by atoms with Gasteiger partial charge in [0.25, 0.3) is 0 Å². The molecule has 21 heavy (non-hydrogen) atoms. The van der Waals surface area contributed by atoms with Gasteiger partial charge in [0.05, 0.1) is 0 Å². The molecular weight excluding hydrogens is 301 g/mol. The van der Waals surface area contributed by atoms with Crippen LogP contribution in [0.2, 0.25) is 0 Å². The van der Waals surface area contributed by atoms with Crippen LogP contribution in [0.5, 0.6) is 0 Å². The first-order chi connectivity index (χ1) is 9.09. The van der Waals surface area contributed by atoms with Gasteiger partial charge in [-0.1, -0.05) is 42.5 Å². The Bertz CT molecular complexity index is 516. The van der Waals surface area contributed by atoms with Gasteiger partial charge in [-0.25, -0.2) is 4.39 Å². The van der Waals surface area contributed by atoms with E-state index >= 15 is 0 Å². The molecule has 1 nitrogen and oxygen atoms in total. The molecule has 0 fully saturated rings. The van der Waals surface area contributed by atoms with Crippen molar-refractivity contribution in [3.63, 3.8) is 0 Å². The Hall–Kier alpha value is -0.970. The molecule has 0 radical (unpaired) electrons. The summed E-state index contributed by atoms with van der Waals surface area (Å²) in [5.41, 5.74) is 2.42. The minimum Gasteiger partial charge on any atom is -0.293 e. The van der Waals surface area contributed by atoms with Crippen LogP contribution in [0.4, 0.5) is 4.39 Å². The lowest BCUT2D eigenvalue weighted by molar-refractivity contribution is 0.199. The molecule has 0 heterocycles. The average molecular weight is 326 g/mol. The molecule has 0 aliphatic carbocycles. The molecule has 2 aromatic rings. The van der Waals surface area contributed by atoms with Gasteiger partial charge in [-0.3, -0.25) is 4.90 Å². The first-order valence-corrected chi connectivity index (χ1v) is 6.62. The maximum Gasteiger partial charge on any atom is 0.123 e. The summed E-state index contributed by atoms with van der Waals surface area (Å²) in [5.74, 6) is -0.185. The molecule has 2 rings (SSSR count). The summed E-state index contributed by atoms with van der Waals surface area (Å²) in [6.45, 7) is 4.34. The van der Waals surface area contributed by atoms with Crippen LogP contribution in [0.3, 0.4) is 0 Å². The molecule has 1 unspecified atom stereocenters. The summed E-state index contributed by atoms with van der Waals surface area (Å²) < 4.78 is 13.0. The number of nitrogens with zero attached hydrogens (tertiary/aromatic N) is 1. The smallest absolute Gasteiger partial charge is 0.123 e. The minimum absolute atomic E-state index is 0. The average Bonchev–Trinajstić information content (AvgIpc) is 2.46. The highest BCUT2D eigenvalue weighted by atomic mass is 32.1. The van der Waals surface area contributed by atoms with Crippen molar-refractivity contribution in [3.05, 3.63) is 71.5 Å². The van der Waals surface area contributed by atoms with Crippen molar-refractivity contribution in [2.75, 3.05) is 7.05 Å². The molecule has 2 atom stereocenters. The van der Waals surface area contributed by atoms with Crippen molar-refractivity contribution >= 4 is 27.0 Å². The van der Waals surface area contributed by atoms with E-state index in [0.29, 0.717) is 6.04 Å².